The lowest BCUT2D eigenvalue weighted by Gasteiger charge is -2.32. The van der Waals surface area contributed by atoms with Crippen LogP contribution in [0.25, 0.3) is 0 Å². The van der Waals surface area contributed by atoms with Gasteiger partial charge in [0, 0.05) is 0 Å². The summed E-state index contributed by atoms with van der Waals surface area (Å²) in [5, 5.41) is 10.0. The normalized spacial score (nSPS) is 47.8. The minimum atomic E-state index is -0.978. The van der Waals surface area contributed by atoms with Crippen LogP contribution in [0.4, 0.5) is 0 Å². The summed E-state index contributed by atoms with van der Waals surface area (Å²) in [5.41, 5.74) is 0.593. The van der Waals surface area contributed by atoms with Crippen molar-refractivity contribution in [2.45, 2.75) is 44.1 Å². The fourth-order valence-electron chi connectivity index (χ4n) is 3.44. The number of carbonyl (C=O) groups is 1. The van der Waals surface area contributed by atoms with Crippen molar-refractivity contribution < 1.29 is 9.90 Å². The van der Waals surface area contributed by atoms with Crippen molar-refractivity contribution in [3.63, 3.8) is 0 Å². The zero-order chi connectivity index (χ0) is 9.10. The molecule has 2 fully saturated rings. The quantitative estimate of drug-likeness (QED) is 0.611. The summed E-state index contributed by atoms with van der Waals surface area (Å²) in [6.07, 6.45) is 7.65. The van der Waals surface area contributed by atoms with Crippen LogP contribution in [0.15, 0.2) is 11.6 Å². The fraction of sp³-hybridized carbons (Fsp3) is 0.727. The third-order valence-electron chi connectivity index (χ3n) is 4.19. The van der Waals surface area contributed by atoms with Gasteiger partial charge in [0.1, 0.15) is 5.60 Å². The molecule has 0 unspecified atom stereocenters. The molecule has 0 amide bonds. The summed E-state index contributed by atoms with van der Waals surface area (Å²) < 4.78 is 0. The lowest BCUT2D eigenvalue weighted by Crippen LogP contribution is -2.39. The van der Waals surface area contributed by atoms with E-state index in [2.05, 4.69) is 0 Å². The van der Waals surface area contributed by atoms with Crippen LogP contribution in [0.5, 0.6) is 0 Å². The standard InChI is InChI=1S/C11H14O2/c12-9-6-8-2-1-3-10(8)4-5-11(9,13)7-10/h6,13H,1-5,7H2/t10-,11-/m1/s1. The summed E-state index contributed by atoms with van der Waals surface area (Å²) in [5.74, 6) is -0.0301. The van der Waals surface area contributed by atoms with E-state index in [1.807, 2.05) is 0 Å². The van der Waals surface area contributed by atoms with Crippen LogP contribution >= 0.6 is 0 Å². The number of allylic oxidation sites excluding steroid dienone is 1. The topological polar surface area (TPSA) is 37.3 Å². The van der Waals surface area contributed by atoms with Crippen LogP contribution in [-0.4, -0.2) is 16.5 Å². The first kappa shape index (κ1) is 7.74. The van der Waals surface area contributed by atoms with Gasteiger partial charge in [0.15, 0.2) is 5.78 Å². The molecule has 70 valence electrons. The molecule has 2 heteroatoms. The minimum absolute atomic E-state index is 0.0301. The molecular formula is C11H14O2. The van der Waals surface area contributed by atoms with Gasteiger partial charge in [-0.1, -0.05) is 5.57 Å². The first-order valence-electron chi connectivity index (χ1n) is 5.13. The molecule has 2 saturated carbocycles. The summed E-state index contributed by atoms with van der Waals surface area (Å²) in [4.78, 5) is 11.6. The second-order valence-corrected chi connectivity index (χ2v) is 4.88. The number of fused-ring (bicyclic) bond motifs is 1. The molecule has 0 heterocycles. The molecule has 0 aromatic rings. The molecule has 0 aromatic heterocycles. The predicted octanol–water partition coefficient (Wildman–Crippen LogP) is 1.58. The van der Waals surface area contributed by atoms with Crippen LogP contribution in [-0.2, 0) is 4.79 Å². The van der Waals surface area contributed by atoms with E-state index in [4.69, 9.17) is 0 Å². The van der Waals surface area contributed by atoms with Crippen molar-refractivity contribution in [1.82, 2.24) is 0 Å². The summed E-state index contributed by atoms with van der Waals surface area (Å²) in [6.45, 7) is 0. The van der Waals surface area contributed by atoms with Crippen LogP contribution < -0.4 is 0 Å². The molecule has 2 atom stereocenters. The Morgan fingerprint density at radius 1 is 1.31 bits per heavy atom. The van der Waals surface area contributed by atoms with E-state index >= 15 is 0 Å². The molecule has 2 nitrogen and oxygen atoms in total. The fourth-order valence-corrected chi connectivity index (χ4v) is 3.44. The second kappa shape index (κ2) is 2.06. The molecule has 3 aliphatic rings. The van der Waals surface area contributed by atoms with Gasteiger partial charge in [0.05, 0.1) is 0 Å². The number of hydrogen-bond acceptors (Lipinski definition) is 2. The summed E-state index contributed by atoms with van der Waals surface area (Å²) in [7, 11) is 0. The Balaban J connectivity index is 2.14. The first-order chi connectivity index (χ1) is 6.15. The SMILES string of the molecule is O=C1C=C2CCC[C@]23CC[C@@]1(O)C3. The molecule has 1 spiro atoms. The Morgan fingerprint density at radius 3 is 3.00 bits per heavy atom. The average molecular weight is 178 g/mol. The summed E-state index contributed by atoms with van der Waals surface area (Å²) >= 11 is 0. The zero-order valence-electron chi connectivity index (χ0n) is 7.68. The van der Waals surface area contributed by atoms with Crippen molar-refractivity contribution in [1.29, 1.82) is 0 Å². The molecule has 3 aliphatic carbocycles. The molecule has 0 radical (unpaired) electrons. The summed E-state index contributed by atoms with van der Waals surface area (Å²) in [6, 6.07) is 0. The van der Waals surface area contributed by atoms with E-state index in [9.17, 15) is 9.90 Å². The van der Waals surface area contributed by atoms with Gasteiger partial charge in [-0.05, 0) is 50.0 Å². The Bertz CT molecular complexity index is 318. The van der Waals surface area contributed by atoms with Gasteiger partial charge in [0.2, 0.25) is 0 Å². The van der Waals surface area contributed by atoms with Gasteiger partial charge < -0.3 is 5.11 Å². The molecule has 2 bridgehead atoms. The van der Waals surface area contributed by atoms with Gasteiger partial charge in [0.25, 0.3) is 0 Å². The Hall–Kier alpha value is -0.630. The number of hydrogen-bond donors (Lipinski definition) is 1. The highest BCUT2D eigenvalue weighted by molar-refractivity contribution is 5.99. The second-order valence-electron chi connectivity index (χ2n) is 4.88. The average Bonchev–Trinajstić information content (AvgIpc) is 2.59. The lowest BCUT2D eigenvalue weighted by molar-refractivity contribution is -0.133. The first-order valence-corrected chi connectivity index (χ1v) is 5.13. The van der Waals surface area contributed by atoms with E-state index in [-0.39, 0.29) is 11.2 Å². The number of aliphatic hydroxyl groups is 1. The van der Waals surface area contributed by atoms with E-state index in [1.165, 1.54) is 18.4 Å². The number of ketones is 1. The zero-order valence-corrected chi connectivity index (χ0v) is 7.68. The molecular weight excluding hydrogens is 164 g/mol. The lowest BCUT2D eigenvalue weighted by atomic mass is 9.74. The van der Waals surface area contributed by atoms with E-state index in [1.54, 1.807) is 6.08 Å². The molecule has 3 rings (SSSR count). The highest BCUT2D eigenvalue weighted by Gasteiger charge is 2.56. The molecule has 0 aliphatic heterocycles. The van der Waals surface area contributed by atoms with Crippen LogP contribution in [0.1, 0.15) is 38.5 Å². The van der Waals surface area contributed by atoms with Crippen molar-refractivity contribution in [2.75, 3.05) is 0 Å². The molecule has 0 saturated heterocycles. The smallest absolute Gasteiger partial charge is 0.187 e. The van der Waals surface area contributed by atoms with Crippen LogP contribution in [0, 0.1) is 5.41 Å². The van der Waals surface area contributed by atoms with Gasteiger partial charge in [-0.3, -0.25) is 4.79 Å². The maximum Gasteiger partial charge on any atom is 0.187 e. The number of carbonyl (C=O) groups excluding carboxylic acids is 1. The van der Waals surface area contributed by atoms with Crippen molar-refractivity contribution in [2.24, 2.45) is 5.41 Å². The van der Waals surface area contributed by atoms with Gasteiger partial charge in [-0.2, -0.15) is 0 Å². The maximum atomic E-state index is 11.6. The Labute approximate surface area is 77.6 Å². The predicted molar refractivity (Wildman–Crippen MR) is 48.2 cm³/mol. The van der Waals surface area contributed by atoms with E-state index in [0.717, 1.165) is 12.8 Å². The minimum Gasteiger partial charge on any atom is -0.382 e. The Kier molecular flexibility index (Phi) is 1.23. The molecule has 13 heavy (non-hydrogen) atoms. The monoisotopic (exact) mass is 178 g/mol. The van der Waals surface area contributed by atoms with Crippen molar-refractivity contribution >= 4 is 5.78 Å². The van der Waals surface area contributed by atoms with E-state index in [0.29, 0.717) is 12.8 Å². The number of rotatable bonds is 0. The van der Waals surface area contributed by atoms with Crippen molar-refractivity contribution in [3.8, 4) is 0 Å². The van der Waals surface area contributed by atoms with E-state index < -0.39 is 5.60 Å². The molecule has 0 aromatic carbocycles. The van der Waals surface area contributed by atoms with Crippen LogP contribution in [0.3, 0.4) is 0 Å². The van der Waals surface area contributed by atoms with Gasteiger partial charge >= 0.3 is 0 Å². The highest BCUT2D eigenvalue weighted by Crippen LogP contribution is 2.59. The van der Waals surface area contributed by atoms with Crippen molar-refractivity contribution in [3.05, 3.63) is 11.6 Å². The van der Waals surface area contributed by atoms with Gasteiger partial charge in [-0.15, -0.1) is 0 Å². The van der Waals surface area contributed by atoms with Gasteiger partial charge in [-0.25, -0.2) is 0 Å². The Morgan fingerprint density at radius 2 is 2.15 bits per heavy atom. The maximum absolute atomic E-state index is 11.6. The molecule has 1 N–H and O–H groups in total. The largest absolute Gasteiger partial charge is 0.382 e. The van der Waals surface area contributed by atoms with Crippen LogP contribution in [0.2, 0.25) is 0 Å². The highest BCUT2D eigenvalue weighted by atomic mass is 16.3. The third-order valence-corrected chi connectivity index (χ3v) is 4.19. The third kappa shape index (κ3) is 0.798.